The van der Waals surface area contributed by atoms with E-state index in [1.54, 1.807) is 18.6 Å². The van der Waals surface area contributed by atoms with Crippen molar-refractivity contribution in [2.75, 3.05) is 0 Å². The first-order valence-electron chi connectivity index (χ1n) is 3.78. The third kappa shape index (κ3) is 1.21. The van der Waals surface area contributed by atoms with Crippen LogP contribution in [-0.2, 0) is 0 Å². The van der Waals surface area contributed by atoms with E-state index in [0.717, 1.165) is 11.5 Å². The summed E-state index contributed by atoms with van der Waals surface area (Å²) in [6.07, 6.45) is 5.30. The topological polar surface area (TPSA) is 41.6 Å². The van der Waals surface area contributed by atoms with Crippen molar-refractivity contribution < 1.29 is 0 Å². The molecule has 2 heterocycles. The average molecular weight is 159 g/mol. The number of hydrogen-bond donors (Lipinski definition) is 1. The Bertz CT molecular complexity index is 365. The number of nitrogens with zero attached hydrogens (tertiary/aromatic N) is 2. The van der Waals surface area contributed by atoms with Crippen molar-refractivity contribution in [2.24, 2.45) is 0 Å². The Morgan fingerprint density at radius 3 is 2.83 bits per heavy atom. The minimum atomic E-state index is 0.818. The number of H-pyrrole nitrogens is 1. The van der Waals surface area contributed by atoms with Crippen molar-refractivity contribution in [3.63, 3.8) is 0 Å². The van der Waals surface area contributed by atoms with Gasteiger partial charge in [0.1, 0.15) is 5.69 Å². The van der Waals surface area contributed by atoms with Crippen LogP contribution in [0.5, 0.6) is 0 Å². The largest absolute Gasteiger partial charge is 0.343 e. The van der Waals surface area contributed by atoms with E-state index in [1.807, 2.05) is 19.1 Å². The van der Waals surface area contributed by atoms with Crippen LogP contribution in [-0.4, -0.2) is 15.0 Å². The molecule has 0 amide bonds. The maximum atomic E-state index is 4.19. The quantitative estimate of drug-likeness (QED) is 0.689. The molecule has 0 saturated carbocycles. The Labute approximate surface area is 70.5 Å². The predicted octanol–water partition coefficient (Wildman–Crippen LogP) is 1.78. The number of imidazole rings is 1. The molecule has 3 heteroatoms. The van der Waals surface area contributed by atoms with Gasteiger partial charge in [0, 0.05) is 18.6 Å². The standard InChI is InChI=1S/C9H9N3/c1-7-2-3-10-8(6-7)9-11-4-5-12-9/h2-6H,1H3,(H,11,12). The van der Waals surface area contributed by atoms with Crippen LogP contribution in [0.4, 0.5) is 0 Å². The minimum Gasteiger partial charge on any atom is -0.343 e. The summed E-state index contributed by atoms with van der Waals surface area (Å²) in [6.45, 7) is 2.04. The maximum absolute atomic E-state index is 4.19. The van der Waals surface area contributed by atoms with E-state index in [2.05, 4.69) is 15.0 Å². The summed E-state index contributed by atoms with van der Waals surface area (Å²) in [7, 11) is 0. The number of rotatable bonds is 1. The summed E-state index contributed by atoms with van der Waals surface area (Å²) in [5.74, 6) is 0.818. The summed E-state index contributed by atoms with van der Waals surface area (Å²) < 4.78 is 0. The number of hydrogen-bond acceptors (Lipinski definition) is 2. The van der Waals surface area contributed by atoms with Gasteiger partial charge in [0.2, 0.25) is 0 Å². The van der Waals surface area contributed by atoms with Crippen LogP contribution in [0.3, 0.4) is 0 Å². The molecule has 12 heavy (non-hydrogen) atoms. The second kappa shape index (κ2) is 2.77. The summed E-state index contributed by atoms with van der Waals surface area (Å²) in [4.78, 5) is 11.3. The Kier molecular flexibility index (Phi) is 1.63. The van der Waals surface area contributed by atoms with Crippen molar-refractivity contribution in [1.82, 2.24) is 15.0 Å². The fourth-order valence-corrected chi connectivity index (χ4v) is 1.07. The normalized spacial score (nSPS) is 10.1. The van der Waals surface area contributed by atoms with Gasteiger partial charge < -0.3 is 4.98 Å². The average Bonchev–Trinajstić information content (AvgIpc) is 2.56. The molecule has 0 fully saturated rings. The zero-order chi connectivity index (χ0) is 8.39. The van der Waals surface area contributed by atoms with Crippen LogP contribution in [0.15, 0.2) is 30.7 Å². The SMILES string of the molecule is Cc1ccnc(-c2ncc[nH]2)c1. The highest BCUT2D eigenvalue weighted by molar-refractivity contribution is 5.49. The molecule has 0 aliphatic carbocycles. The Morgan fingerprint density at radius 1 is 1.25 bits per heavy atom. The molecule has 0 aliphatic heterocycles. The second-order valence-electron chi connectivity index (χ2n) is 2.66. The minimum absolute atomic E-state index is 0.818. The zero-order valence-corrected chi connectivity index (χ0v) is 6.78. The van der Waals surface area contributed by atoms with Crippen LogP contribution in [0, 0.1) is 6.92 Å². The van der Waals surface area contributed by atoms with Gasteiger partial charge in [-0.3, -0.25) is 4.98 Å². The van der Waals surface area contributed by atoms with Gasteiger partial charge in [-0.25, -0.2) is 4.98 Å². The van der Waals surface area contributed by atoms with Crippen LogP contribution < -0.4 is 0 Å². The molecule has 2 aromatic rings. The third-order valence-electron chi connectivity index (χ3n) is 1.66. The van der Waals surface area contributed by atoms with Crippen LogP contribution in [0.2, 0.25) is 0 Å². The molecular formula is C9H9N3. The molecule has 0 bridgehead atoms. The molecule has 2 rings (SSSR count). The monoisotopic (exact) mass is 159 g/mol. The highest BCUT2D eigenvalue weighted by Gasteiger charge is 1.99. The highest BCUT2D eigenvalue weighted by atomic mass is 14.9. The Morgan fingerprint density at radius 2 is 2.17 bits per heavy atom. The first-order chi connectivity index (χ1) is 5.86. The first-order valence-corrected chi connectivity index (χ1v) is 3.78. The number of nitrogens with one attached hydrogen (secondary N) is 1. The van der Waals surface area contributed by atoms with E-state index in [1.165, 1.54) is 5.56 Å². The van der Waals surface area contributed by atoms with Crippen molar-refractivity contribution in [3.8, 4) is 11.5 Å². The molecule has 0 unspecified atom stereocenters. The Hall–Kier alpha value is -1.64. The summed E-state index contributed by atoms with van der Waals surface area (Å²) >= 11 is 0. The van der Waals surface area contributed by atoms with Gasteiger partial charge in [-0.15, -0.1) is 0 Å². The van der Waals surface area contributed by atoms with Gasteiger partial charge in [0.25, 0.3) is 0 Å². The van der Waals surface area contributed by atoms with E-state index < -0.39 is 0 Å². The summed E-state index contributed by atoms with van der Waals surface area (Å²) in [5.41, 5.74) is 2.08. The molecular weight excluding hydrogens is 150 g/mol. The van der Waals surface area contributed by atoms with Crippen molar-refractivity contribution in [2.45, 2.75) is 6.92 Å². The second-order valence-corrected chi connectivity index (χ2v) is 2.66. The molecule has 0 radical (unpaired) electrons. The molecule has 60 valence electrons. The Balaban J connectivity index is 2.48. The lowest BCUT2D eigenvalue weighted by Gasteiger charge is -1.95. The molecule has 0 aromatic carbocycles. The van der Waals surface area contributed by atoms with E-state index in [-0.39, 0.29) is 0 Å². The molecule has 0 spiro atoms. The molecule has 2 aromatic heterocycles. The molecule has 0 aliphatic rings. The number of aromatic amines is 1. The number of pyridine rings is 1. The molecule has 0 atom stereocenters. The highest BCUT2D eigenvalue weighted by Crippen LogP contribution is 2.11. The lowest BCUT2D eigenvalue weighted by Crippen LogP contribution is -1.85. The number of aromatic nitrogens is 3. The summed E-state index contributed by atoms with van der Waals surface area (Å²) in [6, 6.07) is 3.96. The lowest BCUT2D eigenvalue weighted by molar-refractivity contribution is 1.21. The van der Waals surface area contributed by atoms with Gasteiger partial charge in [-0.1, -0.05) is 0 Å². The van der Waals surface area contributed by atoms with E-state index in [0.29, 0.717) is 0 Å². The van der Waals surface area contributed by atoms with Gasteiger partial charge >= 0.3 is 0 Å². The van der Waals surface area contributed by atoms with Crippen molar-refractivity contribution in [3.05, 3.63) is 36.3 Å². The van der Waals surface area contributed by atoms with Crippen LogP contribution in [0.25, 0.3) is 11.5 Å². The van der Waals surface area contributed by atoms with Gasteiger partial charge in [0.15, 0.2) is 5.82 Å². The van der Waals surface area contributed by atoms with Crippen molar-refractivity contribution >= 4 is 0 Å². The van der Waals surface area contributed by atoms with Crippen molar-refractivity contribution in [1.29, 1.82) is 0 Å². The fraction of sp³-hybridized carbons (Fsp3) is 0.111. The third-order valence-corrected chi connectivity index (χ3v) is 1.66. The van der Waals surface area contributed by atoms with Gasteiger partial charge in [-0.2, -0.15) is 0 Å². The van der Waals surface area contributed by atoms with E-state index in [9.17, 15) is 0 Å². The molecule has 0 saturated heterocycles. The zero-order valence-electron chi connectivity index (χ0n) is 6.78. The lowest BCUT2D eigenvalue weighted by atomic mass is 10.2. The molecule has 1 N–H and O–H groups in total. The van der Waals surface area contributed by atoms with E-state index in [4.69, 9.17) is 0 Å². The maximum Gasteiger partial charge on any atom is 0.155 e. The number of aryl methyl sites for hydroxylation is 1. The van der Waals surface area contributed by atoms with Gasteiger partial charge in [0.05, 0.1) is 0 Å². The summed E-state index contributed by atoms with van der Waals surface area (Å²) in [5, 5.41) is 0. The smallest absolute Gasteiger partial charge is 0.155 e. The predicted molar refractivity (Wildman–Crippen MR) is 46.6 cm³/mol. The van der Waals surface area contributed by atoms with E-state index >= 15 is 0 Å². The van der Waals surface area contributed by atoms with Gasteiger partial charge in [-0.05, 0) is 24.6 Å². The first kappa shape index (κ1) is 7.03. The van der Waals surface area contributed by atoms with Crippen LogP contribution >= 0.6 is 0 Å². The molecule has 3 nitrogen and oxygen atoms in total. The fourth-order valence-electron chi connectivity index (χ4n) is 1.07. The van der Waals surface area contributed by atoms with Crippen LogP contribution in [0.1, 0.15) is 5.56 Å².